The second-order valence-electron chi connectivity index (χ2n) is 6.85. The van der Waals surface area contributed by atoms with Crippen molar-refractivity contribution < 1.29 is 14.3 Å². The van der Waals surface area contributed by atoms with E-state index in [9.17, 15) is 9.59 Å². The van der Waals surface area contributed by atoms with Crippen LogP contribution in [0.15, 0.2) is 36.5 Å². The number of nitrogens with zero attached hydrogens (tertiary/aromatic N) is 3. The van der Waals surface area contributed by atoms with Crippen molar-refractivity contribution in [2.75, 3.05) is 38.1 Å². The molecular formula is C21H26N4O3. The molecule has 28 heavy (non-hydrogen) atoms. The molecule has 148 valence electrons. The van der Waals surface area contributed by atoms with Crippen molar-refractivity contribution in [3.63, 3.8) is 0 Å². The molecule has 7 nitrogen and oxygen atoms in total. The van der Waals surface area contributed by atoms with Gasteiger partial charge in [-0.15, -0.1) is 0 Å². The molecule has 0 radical (unpaired) electrons. The summed E-state index contributed by atoms with van der Waals surface area (Å²) >= 11 is 0. The molecule has 1 fully saturated rings. The first-order chi connectivity index (χ1) is 13.5. The summed E-state index contributed by atoms with van der Waals surface area (Å²) in [5.41, 5.74) is 3.88. The highest BCUT2D eigenvalue weighted by atomic mass is 16.6. The van der Waals surface area contributed by atoms with Crippen molar-refractivity contribution in [2.24, 2.45) is 0 Å². The number of pyridine rings is 1. The van der Waals surface area contributed by atoms with Gasteiger partial charge in [-0.2, -0.15) is 0 Å². The number of hydrogen-bond donors (Lipinski definition) is 1. The van der Waals surface area contributed by atoms with E-state index in [4.69, 9.17) is 4.74 Å². The Bertz CT molecular complexity index is 843. The molecule has 0 spiro atoms. The third kappa shape index (κ3) is 4.60. The van der Waals surface area contributed by atoms with Crippen molar-refractivity contribution in [1.82, 2.24) is 14.8 Å². The van der Waals surface area contributed by atoms with Gasteiger partial charge in [-0.3, -0.25) is 4.79 Å². The third-order valence-corrected chi connectivity index (χ3v) is 4.75. The number of aromatic nitrogens is 1. The zero-order valence-corrected chi connectivity index (χ0v) is 16.6. The number of benzene rings is 1. The van der Waals surface area contributed by atoms with Crippen LogP contribution in [0, 0.1) is 13.8 Å². The molecular weight excluding hydrogens is 356 g/mol. The maximum absolute atomic E-state index is 12.7. The number of hydrogen-bond acceptors (Lipinski definition) is 5. The Labute approximate surface area is 165 Å². The van der Waals surface area contributed by atoms with E-state index < -0.39 is 0 Å². The quantitative estimate of drug-likeness (QED) is 0.878. The first kappa shape index (κ1) is 19.7. The maximum atomic E-state index is 12.7. The van der Waals surface area contributed by atoms with E-state index in [1.54, 1.807) is 35.1 Å². The van der Waals surface area contributed by atoms with E-state index in [0.29, 0.717) is 44.2 Å². The number of amides is 2. The normalized spacial score (nSPS) is 14.0. The lowest BCUT2D eigenvalue weighted by Gasteiger charge is -2.34. The van der Waals surface area contributed by atoms with Crippen molar-refractivity contribution in [3.05, 3.63) is 53.2 Å². The minimum absolute atomic E-state index is 0.0749. The van der Waals surface area contributed by atoms with Gasteiger partial charge in [-0.05, 0) is 44.5 Å². The second kappa shape index (κ2) is 8.73. The molecule has 0 unspecified atom stereocenters. The highest BCUT2D eigenvalue weighted by Gasteiger charge is 2.25. The SMILES string of the molecule is CCOC(=O)N1CCN(C(=O)c2ccc(Nc3ccc(C)cc3C)nc2)CC1. The Morgan fingerprint density at radius 2 is 1.79 bits per heavy atom. The molecule has 0 saturated carbocycles. The summed E-state index contributed by atoms with van der Waals surface area (Å²) in [7, 11) is 0. The predicted octanol–water partition coefficient (Wildman–Crippen LogP) is 3.36. The molecule has 2 aromatic rings. The average molecular weight is 382 g/mol. The highest BCUT2D eigenvalue weighted by Crippen LogP contribution is 2.20. The Kier molecular flexibility index (Phi) is 6.13. The van der Waals surface area contributed by atoms with E-state index in [2.05, 4.69) is 23.3 Å². The standard InChI is InChI=1S/C21H26N4O3/c1-4-28-21(27)25-11-9-24(10-12-25)20(26)17-6-8-19(22-14-17)23-18-7-5-15(2)13-16(18)3/h5-8,13-14H,4,9-12H2,1-3H3,(H,22,23). The summed E-state index contributed by atoms with van der Waals surface area (Å²) in [6.45, 7) is 8.16. The van der Waals surface area contributed by atoms with Crippen LogP contribution < -0.4 is 5.32 Å². The highest BCUT2D eigenvalue weighted by molar-refractivity contribution is 5.94. The summed E-state index contributed by atoms with van der Waals surface area (Å²) in [5, 5.41) is 3.28. The van der Waals surface area contributed by atoms with E-state index >= 15 is 0 Å². The van der Waals surface area contributed by atoms with Crippen molar-refractivity contribution >= 4 is 23.5 Å². The number of anilines is 2. The van der Waals surface area contributed by atoms with Gasteiger partial charge >= 0.3 is 6.09 Å². The number of nitrogens with one attached hydrogen (secondary N) is 1. The fourth-order valence-corrected chi connectivity index (χ4v) is 3.18. The number of aryl methyl sites for hydroxylation is 2. The molecule has 1 aliphatic rings. The molecule has 1 N–H and O–H groups in total. The van der Waals surface area contributed by atoms with E-state index in [-0.39, 0.29) is 12.0 Å². The van der Waals surface area contributed by atoms with Crippen molar-refractivity contribution in [3.8, 4) is 0 Å². The molecule has 1 aliphatic heterocycles. The van der Waals surface area contributed by atoms with Crippen LogP contribution in [-0.4, -0.2) is 59.6 Å². The molecule has 0 atom stereocenters. The molecule has 2 heterocycles. The lowest BCUT2D eigenvalue weighted by Crippen LogP contribution is -2.50. The van der Waals surface area contributed by atoms with Crippen LogP contribution in [0.2, 0.25) is 0 Å². The van der Waals surface area contributed by atoms with Crippen LogP contribution >= 0.6 is 0 Å². The summed E-state index contributed by atoms with van der Waals surface area (Å²) < 4.78 is 5.01. The molecule has 0 bridgehead atoms. The Morgan fingerprint density at radius 1 is 1.07 bits per heavy atom. The van der Waals surface area contributed by atoms with Gasteiger partial charge in [0.15, 0.2) is 0 Å². The van der Waals surface area contributed by atoms with Crippen LogP contribution in [-0.2, 0) is 4.74 Å². The first-order valence-electron chi connectivity index (χ1n) is 9.49. The number of rotatable bonds is 4. The molecule has 7 heteroatoms. The monoisotopic (exact) mass is 382 g/mol. The first-order valence-corrected chi connectivity index (χ1v) is 9.49. The minimum Gasteiger partial charge on any atom is -0.450 e. The molecule has 0 aliphatic carbocycles. The van der Waals surface area contributed by atoms with Crippen molar-refractivity contribution in [2.45, 2.75) is 20.8 Å². The lowest BCUT2D eigenvalue weighted by molar-refractivity contribution is 0.0570. The minimum atomic E-state index is -0.321. The number of ether oxygens (including phenoxy) is 1. The maximum Gasteiger partial charge on any atom is 0.409 e. The summed E-state index contributed by atoms with van der Waals surface area (Å²) in [5.74, 6) is 0.615. The van der Waals surface area contributed by atoms with Crippen LogP contribution in [0.1, 0.15) is 28.4 Å². The summed E-state index contributed by atoms with van der Waals surface area (Å²) in [4.78, 5) is 32.2. The second-order valence-corrected chi connectivity index (χ2v) is 6.85. The number of carbonyl (C=O) groups excluding carboxylic acids is 2. The van der Waals surface area contributed by atoms with Gasteiger partial charge in [-0.25, -0.2) is 9.78 Å². The number of carbonyl (C=O) groups is 2. The van der Waals surface area contributed by atoms with Gasteiger partial charge in [0.2, 0.25) is 0 Å². The average Bonchev–Trinajstić information content (AvgIpc) is 2.70. The molecule has 1 saturated heterocycles. The summed E-state index contributed by atoms with van der Waals surface area (Å²) in [6.07, 6.45) is 1.27. The predicted molar refractivity (Wildman–Crippen MR) is 108 cm³/mol. The Hall–Kier alpha value is -3.09. The Balaban J connectivity index is 1.59. The van der Waals surface area contributed by atoms with E-state index in [0.717, 1.165) is 11.3 Å². The number of piperazine rings is 1. The van der Waals surface area contributed by atoms with Gasteiger partial charge in [0.25, 0.3) is 5.91 Å². The lowest BCUT2D eigenvalue weighted by atomic mass is 10.1. The van der Waals surface area contributed by atoms with Gasteiger partial charge in [-0.1, -0.05) is 17.7 Å². The van der Waals surface area contributed by atoms with Gasteiger partial charge < -0.3 is 19.9 Å². The molecule has 2 amide bonds. The molecule has 1 aromatic carbocycles. The van der Waals surface area contributed by atoms with Crippen LogP contribution in [0.4, 0.5) is 16.3 Å². The fraction of sp³-hybridized carbons (Fsp3) is 0.381. The topological polar surface area (TPSA) is 74.8 Å². The molecule has 3 rings (SSSR count). The van der Waals surface area contributed by atoms with E-state index in [1.165, 1.54) is 5.56 Å². The zero-order chi connectivity index (χ0) is 20.1. The fourth-order valence-electron chi connectivity index (χ4n) is 3.18. The van der Waals surface area contributed by atoms with Crippen molar-refractivity contribution in [1.29, 1.82) is 0 Å². The summed E-state index contributed by atoms with van der Waals surface area (Å²) in [6, 6.07) is 9.76. The smallest absolute Gasteiger partial charge is 0.409 e. The van der Waals surface area contributed by atoms with E-state index in [1.807, 2.05) is 19.1 Å². The van der Waals surface area contributed by atoms with Crippen LogP contribution in [0.3, 0.4) is 0 Å². The third-order valence-electron chi connectivity index (χ3n) is 4.75. The van der Waals surface area contributed by atoms with Crippen LogP contribution in [0.25, 0.3) is 0 Å². The van der Waals surface area contributed by atoms with Gasteiger partial charge in [0.05, 0.1) is 12.2 Å². The largest absolute Gasteiger partial charge is 0.450 e. The van der Waals surface area contributed by atoms with Gasteiger partial charge in [0, 0.05) is 38.1 Å². The van der Waals surface area contributed by atoms with Crippen LogP contribution in [0.5, 0.6) is 0 Å². The molecule has 1 aromatic heterocycles. The van der Waals surface area contributed by atoms with Gasteiger partial charge in [0.1, 0.15) is 5.82 Å². The Morgan fingerprint density at radius 3 is 2.39 bits per heavy atom. The zero-order valence-electron chi connectivity index (χ0n) is 16.6.